The second-order valence-electron chi connectivity index (χ2n) is 5.06. The Bertz CT molecular complexity index is 801. The molecule has 122 valence electrons. The van der Waals surface area contributed by atoms with Gasteiger partial charge in [0.05, 0.1) is 17.7 Å². The maximum atomic E-state index is 12.0. The Kier molecular flexibility index (Phi) is 5.08. The molecule has 2 heterocycles. The van der Waals surface area contributed by atoms with E-state index in [0.717, 1.165) is 21.9 Å². The lowest BCUT2D eigenvalue weighted by Crippen LogP contribution is -2.28. The van der Waals surface area contributed by atoms with Crippen molar-refractivity contribution in [1.82, 2.24) is 10.3 Å². The fourth-order valence-electron chi connectivity index (χ4n) is 2.18. The summed E-state index contributed by atoms with van der Waals surface area (Å²) in [6, 6.07) is 14.8. The summed E-state index contributed by atoms with van der Waals surface area (Å²) in [7, 11) is 1.61. The molecule has 0 aliphatic carbocycles. The van der Waals surface area contributed by atoms with Crippen LogP contribution in [0.2, 0.25) is 0 Å². The van der Waals surface area contributed by atoms with Crippen LogP contribution in [0, 0.1) is 0 Å². The van der Waals surface area contributed by atoms with E-state index in [1.165, 1.54) is 0 Å². The van der Waals surface area contributed by atoms with Crippen LogP contribution in [-0.2, 0) is 6.54 Å². The number of carbonyl (C=O) groups is 1. The van der Waals surface area contributed by atoms with Crippen LogP contribution in [0.15, 0.2) is 60.1 Å². The Balaban J connectivity index is 1.57. The van der Waals surface area contributed by atoms with Crippen LogP contribution in [0.25, 0.3) is 10.6 Å². The van der Waals surface area contributed by atoms with Gasteiger partial charge in [-0.25, -0.2) is 4.79 Å². The van der Waals surface area contributed by atoms with E-state index in [1.807, 2.05) is 29.6 Å². The molecule has 0 atom stereocenters. The van der Waals surface area contributed by atoms with Gasteiger partial charge in [-0.1, -0.05) is 6.07 Å². The number of benzene rings is 1. The average Bonchev–Trinajstić information content (AvgIpc) is 3.16. The zero-order valence-electron chi connectivity index (χ0n) is 13.2. The van der Waals surface area contributed by atoms with Gasteiger partial charge in [-0.3, -0.25) is 4.98 Å². The average molecular weight is 339 g/mol. The van der Waals surface area contributed by atoms with Crippen molar-refractivity contribution >= 4 is 23.1 Å². The van der Waals surface area contributed by atoms with Crippen LogP contribution in [0.3, 0.4) is 0 Å². The van der Waals surface area contributed by atoms with E-state index in [-0.39, 0.29) is 6.03 Å². The first kappa shape index (κ1) is 16.0. The summed E-state index contributed by atoms with van der Waals surface area (Å²) in [5.41, 5.74) is 2.63. The van der Waals surface area contributed by atoms with Gasteiger partial charge < -0.3 is 15.4 Å². The van der Waals surface area contributed by atoms with Gasteiger partial charge in [-0.2, -0.15) is 0 Å². The SMILES string of the molecule is COc1ccc(NC(=O)NCc2ccnc(-c3cccs3)c2)cc1. The third kappa shape index (κ3) is 4.11. The molecule has 0 bridgehead atoms. The van der Waals surface area contributed by atoms with Crippen LogP contribution in [0.5, 0.6) is 5.75 Å². The number of amides is 2. The maximum Gasteiger partial charge on any atom is 0.319 e. The number of pyridine rings is 1. The van der Waals surface area contributed by atoms with Crippen molar-refractivity contribution in [2.24, 2.45) is 0 Å². The Hall–Kier alpha value is -2.86. The molecule has 6 heteroatoms. The molecule has 0 spiro atoms. The third-order valence-corrected chi connectivity index (χ3v) is 4.29. The third-order valence-electron chi connectivity index (χ3n) is 3.40. The minimum absolute atomic E-state index is 0.255. The molecule has 3 rings (SSSR count). The van der Waals surface area contributed by atoms with Crippen molar-refractivity contribution in [3.63, 3.8) is 0 Å². The van der Waals surface area contributed by atoms with Crippen LogP contribution in [0.1, 0.15) is 5.56 Å². The first-order chi connectivity index (χ1) is 11.7. The lowest BCUT2D eigenvalue weighted by atomic mass is 10.2. The van der Waals surface area contributed by atoms with Gasteiger partial charge in [0.15, 0.2) is 0 Å². The Labute approximate surface area is 144 Å². The fraction of sp³-hybridized carbons (Fsp3) is 0.111. The largest absolute Gasteiger partial charge is 0.497 e. The summed E-state index contributed by atoms with van der Waals surface area (Å²) >= 11 is 1.64. The van der Waals surface area contributed by atoms with Gasteiger partial charge in [-0.15, -0.1) is 11.3 Å². The summed E-state index contributed by atoms with van der Waals surface area (Å²) < 4.78 is 5.09. The molecule has 0 aliphatic rings. The molecule has 2 N–H and O–H groups in total. The second kappa shape index (κ2) is 7.61. The molecule has 0 saturated heterocycles. The number of methoxy groups -OCH3 is 1. The molecule has 2 aromatic heterocycles. The number of nitrogens with zero attached hydrogens (tertiary/aromatic N) is 1. The molecule has 5 nitrogen and oxygen atoms in total. The smallest absolute Gasteiger partial charge is 0.319 e. The first-order valence-electron chi connectivity index (χ1n) is 7.42. The zero-order chi connectivity index (χ0) is 16.8. The van der Waals surface area contributed by atoms with Gasteiger partial charge >= 0.3 is 6.03 Å². The number of thiophene rings is 1. The van der Waals surface area contributed by atoms with E-state index in [0.29, 0.717) is 12.2 Å². The predicted octanol–water partition coefficient (Wildman–Crippen LogP) is 4.14. The number of anilines is 1. The Morgan fingerprint density at radius 2 is 2.04 bits per heavy atom. The molecular weight excluding hydrogens is 322 g/mol. The quantitative estimate of drug-likeness (QED) is 0.734. The van der Waals surface area contributed by atoms with Crippen molar-refractivity contribution < 1.29 is 9.53 Å². The highest BCUT2D eigenvalue weighted by atomic mass is 32.1. The number of carbonyl (C=O) groups excluding carboxylic acids is 1. The molecule has 0 saturated carbocycles. The van der Waals surface area contributed by atoms with E-state index >= 15 is 0 Å². The highest BCUT2D eigenvalue weighted by Gasteiger charge is 2.05. The summed E-state index contributed by atoms with van der Waals surface area (Å²) in [4.78, 5) is 17.5. The molecule has 0 radical (unpaired) electrons. The summed E-state index contributed by atoms with van der Waals surface area (Å²) in [6.07, 6.45) is 1.76. The lowest BCUT2D eigenvalue weighted by molar-refractivity contribution is 0.251. The number of nitrogens with one attached hydrogen (secondary N) is 2. The van der Waals surface area contributed by atoms with E-state index in [4.69, 9.17) is 4.74 Å². The predicted molar refractivity (Wildman–Crippen MR) is 96.4 cm³/mol. The van der Waals surface area contributed by atoms with Crippen molar-refractivity contribution in [3.05, 3.63) is 65.7 Å². The van der Waals surface area contributed by atoms with Gasteiger partial charge in [-0.05, 0) is 53.4 Å². The number of ether oxygens (including phenoxy) is 1. The summed E-state index contributed by atoms with van der Waals surface area (Å²) in [5, 5.41) is 7.65. The number of hydrogen-bond acceptors (Lipinski definition) is 4. The van der Waals surface area contributed by atoms with Crippen LogP contribution in [-0.4, -0.2) is 18.1 Å². The number of aromatic nitrogens is 1. The van der Waals surface area contributed by atoms with Gasteiger partial charge in [0.2, 0.25) is 0 Å². The highest BCUT2D eigenvalue weighted by molar-refractivity contribution is 7.13. The lowest BCUT2D eigenvalue weighted by Gasteiger charge is -2.09. The fourth-order valence-corrected chi connectivity index (χ4v) is 2.87. The van der Waals surface area contributed by atoms with E-state index in [1.54, 1.807) is 48.9 Å². The molecule has 2 amide bonds. The van der Waals surface area contributed by atoms with Crippen molar-refractivity contribution in [2.75, 3.05) is 12.4 Å². The number of urea groups is 1. The van der Waals surface area contributed by atoms with Gasteiger partial charge in [0, 0.05) is 18.4 Å². The summed E-state index contributed by atoms with van der Waals surface area (Å²) in [6.45, 7) is 0.433. The van der Waals surface area contributed by atoms with Crippen LogP contribution in [0.4, 0.5) is 10.5 Å². The monoisotopic (exact) mass is 339 g/mol. The van der Waals surface area contributed by atoms with Crippen LogP contribution < -0.4 is 15.4 Å². The Morgan fingerprint density at radius 3 is 2.75 bits per heavy atom. The Morgan fingerprint density at radius 1 is 1.21 bits per heavy atom. The molecule has 0 aliphatic heterocycles. The van der Waals surface area contributed by atoms with Crippen molar-refractivity contribution in [2.45, 2.75) is 6.54 Å². The first-order valence-corrected chi connectivity index (χ1v) is 8.30. The molecular formula is C18H17N3O2S. The van der Waals surface area contributed by atoms with E-state index < -0.39 is 0 Å². The summed E-state index contributed by atoms with van der Waals surface area (Å²) in [5.74, 6) is 0.749. The minimum atomic E-state index is -0.255. The van der Waals surface area contributed by atoms with Gasteiger partial charge in [0.25, 0.3) is 0 Å². The topological polar surface area (TPSA) is 63.2 Å². The second-order valence-corrected chi connectivity index (χ2v) is 6.01. The van der Waals surface area contributed by atoms with E-state index in [9.17, 15) is 4.79 Å². The van der Waals surface area contributed by atoms with Crippen molar-refractivity contribution in [3.8, 4) is 16.3 Å². The molecule has 24 heavy (non-hydrogen) atoms. The van der Waals surface area contributed by atoms with E-state index in [2.05, 4.69) is 15.6 Å². The normalized spacial score (nSPS) is 10.2. The van der Waals surface area contributed by atoms with Crippen molar-refractivity contribution in [1.29, 1.82) is 0 Å². The standard InChI is InChI=1S/C18H17N3O2S/c1-23-15-6-4-14(5-7-15)21-18(22)20-12-13-8-9-19-16(11-13)17-3-2-10-24-17/h2-11H,12H2,1H3,(H2,20,21,22). The molecule has 0 unspecified atom stereocenters. The molecule has 0 fully saturated rings. The minimum Gasteiger partial charge on any atom is -0.497 e. The van der Waals surface area contributed by atoms with Gasteiger partial charge in [0.1, 0.15) is 5.75 Å². The van der Waals surface area contributed by atoms with Crippen LogP contribution >= 0.6 is 11.3 Å². The maximum absolute atomic E-state index is 12.0. The molecule has 3 aromatic rings. The number of hydrogen-bond donors (Lipinski definition) is 2. The number of rotatable bonds is 5. The highest BCUT2D eigenvalue weighted by Crippen LogP contribution is 2.23. The zero-order valence-corrected chi connectivity index (χ0v) is 14.0. The molecule has 1 aromatic carbocycles.